The van der Waals surface area contributed by atoms with Crippen LogP contribution in [0.15, 0.2) is 35.5 Å². The van der Waals surface area contributed by atoms with Crippen LogP contribution in [-0.2, 0) is 9.59 Å². The van der Waals surface area contributed by atoms with Crippen LogP contribution in [-0.4, -0.2) is 42.2 Å². The van der Waals surface area contributed by atoms with Gasteiger partial charge in [0.15, 0.2) is 0 Å². The third-order valence-electron chi connectivity index (χ3n) is 7.33. The molecule has 6 heteroatoms. The number of carbonyl (C=O) groups excluding carboxylic acids is 2. The van der Waals surface area contributed by atoms with Crippen LogP contribution in [0.3, 0.4) is 0 Å². The van der Waals surface area contributed by atoms with Crippen molar-refractivity contribution in [2.45, 2.75) is 77.2 Å². The van der Waals surface area contributed by atoms with Gasteiger partial charge in [0, 0.05) is 18.4 Å². The van der Waals surface area contributed by atoms with E-state index in [4.69, 9.17) is 9.84 Å². The predicted molar refractivity (Wildman–Crippen MR) is 138 cm³/mol. The largest absolute Gasteiger partial charge is 0.495 e. The molecule has 1 aliphatic heterocycles. The number of nitrogens with one attached hydrogen (secondary N) is 1. The van der Waals surface area contributed by atoms with Crippen molar-refractivity contribution in [2.75, 3.05) is 13.7 Å². The molecule has 1 heterocycles. The van der Waals surface area contributed by atoms with Crippen molar-refractivity contribution in [1.29, 1.82) is 0 Å². The summed E-state index contributed by atoms with van der Waals surface area (Å²) < 4.78 is 5.52. The minimum Gasteiger partial charge on any atom is -0.495 e. The van der Waals surface area contributed by atoms with Gasteiger partial charge < -0.3 is 10.1 Å². The maximum Gasteiger partial charge on any atom is 0.296 e. The lowest BCUT2D eigenvalue weighted by Gasteiger charge is -2.40. The first kappa shape index (κ1) is 25.0. The molecule has 2 aliphatic carbocycles. The summed E-state index contributed by atoms with van der Waals surface area (Å²) in [5.41, 5.74) is 2.54. The van der Waals surface area contributed by atoms with Gasteiger partial charge in [-0.3, -0.25) is 9.59 Å². The molecule has 1 aromatic carbocycles. The van der Waals surface area contributed by atoms with Gasteiger partial charge in [0.05, 0.1) is 30.3 Å². The van der Waals surface area contributed by atoms with E-state index in [0.29, 0.717) is 17.9 Å². The summed E-state index contributed by atoms with van der Waals surface area (Å²) in [6, 6.07) is 6.02. The topological polar surface area (TPSA) is 71.0 Å². The third kappa shape index (κ3) is 5.96. The predicted octanol–water partition coefficient (Wildman–Crippen LogP) is 4.81. The third-order valence-corrected chi connectivity index (χ3v) is 7.33. The van der Waals surface area contributed by atoms with Gasteiger partial charge in [0.1, 0.15) is 5.75 Å². The number of rotatable bonds is 6. The molecule has 2 atom stereocenters. The molecule has 6 nitrogen and oxygen atoms in total. The van der Waals surface area contributed by atoms with E-state index < -0.39 is 0 Å². The van der Waals surface area contributed by atoms with Crippen LogP contribution in [0.4, 0.5) is 0 Å². The van der Waals surface area contributed by atoms with E-state index >= 15 is 0 Å². The fourth-order valence-electron chi connectivity index (χ4n) is 5.35. The van der Waals surface area contributed by atoms with Crippen molar-refractivity contribution >= 4 is 17.5 Å². The Labute approximate surface area is 209 Å². The Morgan fingerprint density at radius 1 is 1.14 bits per heavy atom. The normalized spacial score (nSPS) is 22.4. The second-order valence-electron chi connectivity index (χ2n) is 9.74. The number of hydrogen-bond donors (Lipinski definition) is 1. The summed E-state index contributed by atoms with van der Waals surface area (Å²) in [5.74, 6) is 6.19. The number of amides is 2. The lowest BCUT2D eigenvalue weighted by atomic mass is 9.76. The van der Waals surface area contributed by atoms with Crippen LogP contribution in [0.2, 0.25) is 0 Å². The molecular formula is C29H37N3O3. The van der Waals surface area contributed by atoms with Crippen LogP contribution in [0, 0.1) is 23.7 Å². The first-order valence-corrected chi connectivity index (χ1v) is 13.2. The maximum absolute atomic E-state index is 13.5. The molecule has 0 aromatic heterocycles. The first-order valence-electron chi connectivity index (χ1n) is 13.2. The number of ether oxygens (including phenoxy) is 1. The van der Waals surface area contributed by atoms with Gasteiger partial charge >= 0.3 is 0 Å². The quantitative estimate of drug-likeness (QED) is 0.278. The number of nitrogens with zero attached hydrogens (tertiary/aromatic N) is 2. The van der Waals surface area contributed by atoms with E-state index in [0.717, 1.165) is 62.6 Å². The first-order chi connectivity index (χ1) is 17.1. The lowest BCUT2D eigenvalue weighted by Crippen LogP contribution is -2.49. The Morgan fingerprint density at radius 2 is 1.89 bits per heavy atom. The smallest absolute Gasteiger partial charge is 0.296 e. The highest BCUT2D eigenvalue weighted by molar-refractivity contribution is 6.07. The number of unbranched alkanes of at least 4 members (excludes halogenated alkanes) is 1. The standard InChI is InChI=1S/C29H37N3O3/c1-3-4-19-30-27(33)18-16-21-20-22(15-17-26(21)35-2)28-24-13-9-10-14-25(24)29(34)32(31-28)23-11-7-5-6-8-12-23/h9-10,15,17,20,23-25H,3-8,11-14,19H2,1-2H3,(H,30,33)/t24-,25+/m0/s1. The lowest BCUT2D eigenvalue weighted by molar-refractivity contribution is -0.140. The number of hydrazone groups is 1. The molecule has 3 aliphatic rings. The fourth-order valence-corrected chi connectivity index (χ4v) is 5.35. The van der Waals surface area contributed by atoms with Gasteiger partial charge in [0.2, 0.25) is 5.91 Å². The van der Waals surface area contributed by atoms with Crippen molar-refractivity contribution in [3.05, 3.63) is 41.5 Å². The number of methoxy groups -OCH3 is 1. The van der Waals surface area contributed by atoms with Crippen LogP contribution in [0.25, 0.3) is 0 Å². The van der Waals surface area contributed by atoms with Crippen LogP contribution < -0.4 is 10.1 Å². The molecule has 0 unspecified atom stereocenters. The molecule has 1 fully saturated rings. The number of hydrogen-bond acceptors (Lipinski definition) is 4. The van der Waals surface area contributed by atoms with E-state index in [1.165, 1.54) is 12.8 Å². The summed E-state index contributed by atoms with van der Waals surface area (Å²) in [4.78, 5) is 25.6. The minimum atomic E-state index is -0.288. The van der Waals surface area contributed by atoms with E-state index in [9.17, 15) is 9.59 Å². The summed E-state index contributed by atoms with van der Waals surface area (Å²) in [7, 11) is 1.61. The maximum atomic E-state index is 13.5. The number of benzene rings is 1. The zero-order chi connectivity index (χ0) is 24.6. The molecule has 35 heavy (non-hydrogen) atoms. The molecule has 1 aromatic rings. The van der Waals surface area contributed by atoms with E-state index in [1.807, 2.05) is 23.2 Å². The van der Waals surface area contributed by atoms with Crippen LogP contribution in [0.1, 0.15) is 82.3 Å². The summed E-state index contributed by atoms with van der Waals surface area (Å²) in [5, 5.41) is 9.67. The second kappa shape index (κ2) is 12.1. The molecule has 0 bridgehead atoms. The average molecular weight is 476 g/mol. The number of fused-ring (bicyclic) bond motifs is 1. The average Bonchev–Trinajstić information content (AvgIpc) is 3.17. The Morgan fingerprint density at radius 3 is 2.60 bits per heavy atom. The second-order valence-corrected chi connectivity index (χ2v) is 9.74. The van der Waals surface area contributed by atoms with Gasteiger partial charge in [0.25, 0.3) is 5.91 Å². The zero-order valence-electron chi connectivity index (χ0n) is 21.0. The van der Waals surface area contributed by atoms with Crippen molar-refractivity contribution in [2.24, 2.45) is 16.9 Å². The van der Waals surface area contributed by atoms with Crippen LogP contribution >= 0.6 is 0 Å². The van der Waals surface area contributed by atoms with E-state index in [-0.39, 0.29) is 29.7 Å². The Balaban J connectivity index is 1.67. The Hall–Kier alpha value is -3.07. The highest BCUT2D eigenvalue weighted by Crippen LogP contribution is 2.37. The summed E-state index contributed by atoms with van der Waals surface area (Å²) in [6.07, 6.45) is 14.6. The molecule has 4 rings (SSSR count). The Kier molecular flexibility index (Phi) is 8.63. The van der Waals surface area contributed by atoms with Crippen molar-refractivity contribution < 1.29 is 14.3 Å². The molecule has 1 N–H and O–H groups in total. The molecule has 186 valence electrons. The van der Waals surface area contributed by atoms with Gasteiger partial charge in [-0.1, -0.05) is 57.1 Å². The van der Waals surface area contributed by atoms with Crippen molar-refractivity contribution in [1.82, 2.24) is 10.3 Å². The highest BCUT2D eigenvalue weighted by atomic mass is 16.5. The highest BCUT2D eigenvalue weighted by Gasteiger charge is 2.42. The van der Waals surface area contributed by atoms with Crippen molar-refractivity contribution in [3.63, 3.8) is 0 Å². The molecular weight excluding hydrogens is 438 g/mol. The fraction of sp³-hybridized carbons (Fsp3) is 0.552. The van der Waals surface area contributed by atoms with Crippen LogP contribution in [0.5, 0.6) is 5.75 Å². The molecule has 0 spiro atoms. The van der Waals surface area contributed by atoms with Crippen molar-refractivity contribution in [3.8, 4) is 17.6 Å². The SMILES string of the molecule is CCCCNC(=O)C#Cc1cc(C2=NN(C3CCCCCC3)C(=O)[C@@H]3CC=CC[C@H]23)ccc1OC. The van der Waals surface area contributed by atoms with Gasteiger partial charge in [-0.15, -0.1) is 0 Å². The van der Waals surface area contributed by atoms with E-state index in [1.54, 1.807) is 7.11 Å². The van der Waals surface area contributed by atoms with E-state index in [2.05, 4.69) is 36.2 Å². The molecule has 1 saturated carbocycles. The zero-order valence-corrected chi connectivity index (χ0v) is 21.0. The van der Waals surface area contributed by atoms with Gasteiger partial charge in [-0.2, -0.15) is 5.10 Å². The number of allylic oxidation sites excluding steroid dienone is 2. The molecule has 2 amide bonds. The monoisotopic (exact) mass is 475 g/mol. The Bertz CT molecular complexity index is 1040. The number of carbonyl (C=O) groups is 2. The summed E-state index contributed by atoms with van der Waals surface area (Å²) >= 11 is 0. The van der Waals surface area contributed by atoms with Gasteiger partial charge in [-0.25, -0.2) is 5.01 Å². The molecule has 0 saturated heterocycles. The minimum absolute atomic E-state index is 0.0566. The molecule has 0 radical (unpaired) electrons. The van der Waals surface area contributed by atoms with Gasteiger partial charge in [-0.05, 0) is 55.9 Å². The summed E-state index contributed by atoms with van der Waals surface area (Å²) in [6.45, 7) is 2.71.